The molecule has 6 heteroatoms. The predicted octanol–water partition coefficient (Wildman–Crippen LogP) is 2.86. The van der Waals surface area contributed by atoms with Crippen LogP contribution < -0.4 is 10.6 Å². The molecule has 0 atom stereocenters. The standard InChI is InChI=1S/C10H12BrF3N2/c1-16(5-4-15)9-3-2-7(11)6-8(9)10(12,13)14/h2-3,6H,4-5,15H2,1H3. The Hall–Kier alpha value is -0.750. The smallest absolute Gasteiger partial charge is 0.373 e. The number of anilines is 1. The third-order valence-electron chi connectivity index (χ3n) is 2.14. The van der Waals surface area contributed by atoms with Crippen molar-refractivity contribution >= 4 is 21.6 Å². The summed E-state index contributed by atoms with van der Waals surface area (Å²) in [7, 11) is 1.59. The fraction of sp³-hybridized carbons (Fsp3) is 0.400. The molecule has 2 nitrogen and oxygen atoms in total. The summed E-state index contributed by atoms with van der Waals surface area (Å²) in [6.45, 7) is 0.689. The Balaban J connectivity index is 3.18. The first-order chi connectivity index (χ1) is 7.36. The van der Waals surface area contributed by atoms with Gasteiger partial charge in [-0.3, -0.25) is 0 Å². The van der Waals surface area contributed by atoms with E-state index in [0.717, 1.165) is 6.07 Å². The number of hydrogen-bond acceptors (Lipinski definition) is 2. The van der Waals surface area contributed by atoms with Crippen LogP contribution in [0.25, 0.3) is 0 Å². The minimum Gasteiger partial charge on any atom is -0.373 e. The van der Waals surface area contributed by atoms with Crippen LogP contribution in [0.1, 0.15) is 5.56 Å². The zero-order valence-electron chi connectivity index (χ0n) is 8.68. The second-order valence-electron chi connectivity index (χ2n) is 3.37. The maximum absolute atomic E-state index is 12.8. The Kier molecular flexibility index (Phi) is 4.21. The fourth-order valence-electron chi connectivity index (χ4n) is 1.38. The zero-order valence-corrected chi connectivity index (χ0v) is 10.3. The molecule has 0 aliphatic rings. The van der Waals surface area contributed by atoms with Crippen LogP contribution in [0.15, 0.2) is 22.7 Å². The summed E-state index contributed by atoms with van der Waals surface area (Å²) in [5, 5.41) is 0. The van der Waals surface area contributed by atoms with Crippen molar-refractivity contribution in [2.24, 2.45) is 5.73 Å². The van der Waals surface area contributed by atoms with Crippen molar-refractivity contribution in [3.05, 3.63) is 28.2 Å². The van der Waals surface area contributed by atoms with E-state index >= 15 is 0 Å². The summed E-state index contributed by atoms with van der Waals surface area (Å²) >= 11 is 3.03. The highest BCUT2D eigenvalue weighted by Gasteiger charge is 2.34. The molecule has 0 amide bonds. The van der Waals surface area contributed by atoms with E-state index < -0.39 is 11.7 Å². The molecule has 0 aromatic heterocycles. The molecule has 1 aromatic carbocycles. The van der Waals surface area contributed by atoms with Crippen molar-refractivity contribution in [3.63, 3.8) is 0 Å². The topological polar surface area (TPSA) is 29.3 Å². The van der Waals surface area contributed by atoms with Gasteiger partial charge in [-0.1, -0.05) is 15.9 Å². The highest BCUT2D eigenvalue weighted by Crippen LogP contribution is 2.37. The molecule has 0 saturated heterocycles. The number of nitrogens with two attached hydrogens (primary N) is 1. The molecule has 0 aliphatic heterocycles. The van der Waals surface area contributed by atoms with Crippen LogP contribution in [-0.2, 0) is 6.18 Å². The number of rotatable bonds is 3. The molecule has 2 N–H and O–H groups in total. The number of hydrogen-bond donors (Lipinski definition) is 1. The molecular weight excluding hydrogens is 285 g/mol. The van der Waals surface area contributed by atoms with Gasteiger partial charge in [0.2, 0.25) is 0 Å². The van der Waals surface area contributed by atoms with Crippen molar-refractivity contribution in [2.75, 3.05) is 25.0 Å². The predicted molar refractivity (Wildman–Crippen MR) is 61.5 cm³/mol. The highest BCUT2D eigenvalue weighted by molar-refractivity contribution is 9.10. The molecular formula is C10H12BrF3N2. The molecule has 90 valence electrons. The number of alkyl halides is 3. The van der Waals surface area contributed by atoms with Gasteiger partial charge in [0.1, 0.15) is 0 Å². The van der Waals surface area contributed by atoms with Gasteiger partial charge >= 0.3 is 6.18 Å². The van der Waals surface area contributed by atoms with E-state index in [-0.39, 0.29) is 5.69 Å². The van der Waals surface area contributed by atoms with Crippen LogP contribution in [0.5, 0.6) is 0 Å². The van der Waals surface area contributed by atoms with Crippen LogP contribution >= 0.6 is 15.9 Å². The molecule has 0 fully saturated rings. The summed E-state index contributed by atoms with van der Waals surface area (Å²) < 4.78 is 38.7. The molecule has 0 radical (unpaired) electrons. The van der Waals surface area contributed by atoms with Crippen LogP contribution in [0.4, 0.5) is 18.9 Å². The SMILES string of the molecule is CN(CCN)c1ccc(Br)cc1C(F)(F)F. The van der Waals surface area contributed by atoms with Crippen molar-refractivity contribution < 1.29 is 13.2 Å². The maximum Gasteiger partial charge on any atom is 0.418 e. The van der Waals surface area contributed by atoms with Crippen LogP contribution in [0, 0.1) is 0 Å². The van der Waals surface area contributed by atoms with Crippen LogP contribution in [0.3, 0.4) is 0 Å². The number of likely N-dealkylation sites (N-methyl/N-ethyl adjacent to an activating group) is 1. The number of nitrogens with zero attached hydrogens (tertiary/aromatic N) is 1. The van der Waals surface area contributed by atoms with Crippen molar-refractivity contribution in [3.8, 4) is 0 Å². The Morgan fingerprint density at radius 1 is 1.38 bits per heavy atom. The van der Waals surface area contributed by atoms with E-state index in [1.54, 1.807) is 13.1 Å². The molecule has 0 unspecified atom stereocenters. The summed E-state index contributed by atoms with van der Waals surface area (Å²) in [6.07, 6.45) is -4.36. The molecule has 1 aromatic rings. The average molecular weight is 297 g/mol. The lowest BCUT2D eigenvalue weighted by Gasteiger charge is -2.23. The van der Waals surface area contributed by atoms with Crippen LogP contribution in [-0.4, -0.2) is 20.1 Å². The van der Waals surface area contributed by atoms with Gasteiger partial charge in [-0.15, -0.1) is 0 Å². The second kappa shape index (κ2) is 5.05. The van der Waals surface area contributed by atoms with Crippen molar-refractivity contribution in [1.29, 1.82) is 0 Å². The van der Waals surface area contributed by atoms with Gasteiger partial charge in [0.05, 0.1) is 5.56 Å². The Bertz CT molecular complexity index is 366. The Labute approximate surface area is 100 Å². The molecule has 0 bridgehead atoms. The van der Waals surface area contributed by atoms with E-state index in [1.165, 1.54) is 11.0 Å². The molecule has 0 spiro atoms. The third kappa shape index (κ3) is 3.12. The fourth-order valence-corrected chi connectivity index (χ4v) is 1.74. The van der Waals surface area contributed by atoms with Crippen molar-refractivity contribution in [1.82, 2.24) is 0 Å². The van der Waals surface area contributed by atoms with Crippen molar-refractivity contribution in [2.45, 2.75) is 6.18 Å². The second-order valence-corrected chi connectivity index (χ2v) is 4.29. The van der Waals surface area contributed by atoms with E-state index in [0.29, 0.717) is 17.6 Å². The minimum absolute atomic E-state index is 0.140. The van der Waals surface area contributed by atoms with Gasteiger partial charge in [0.25, 0.3) is 0 Å². The summed E-state index contributed by atoms with van der Waals surface area (Å²) in [4.78, 5) is 1.50. The molecule has 0 heterocycles. The first-order valence-electron chi connectivity index (χ1n) is 4.64. The van der Waals surface area contributed by atoms with Gasteiger partial charge in [-0.2, -0.15) is 13.2 Å². The van der Waals surface area contributed by atoms with Gasteiger partial charge in [-0.25, -0.2) is 0 Å². The largest absolute Gasteiger partial charge is 0.418 e. The van der Waals surface area contributed by atoms with Gasteiger partial charge in [-0.05, 0) is 18.2 Å². The lowest BCUT2D eigenvalue weighted by molar-refractivity contribution is -0.137. The van der Waals surface area contributed by atoms with E-state index in [9.17, 15) is 13.2 Å². The molecule has 1 rings (SSSR count). The number of benzene rings is 1. The summed E-state index contributed by atoms with van der Waals surface area (Å²) in [6, 6.07) is 4.09. The Morgan fingerprint density at radius 2 is 2.00 bits per heavy atom. The van der Waals surface area contributed by atoms with E-state index in [1.807, 2.05) is 0 Å². The van der Waals surface area contributed by atoms with Crippen LogP contribution in [0.2, 0.25) is 0 Å². The lowest BCUT2D eigenvalue weighted by Crippen LogP contribution is -2.27. The third-order valence-corrected chi connectivity index (χ3v) is 2.63. The van der Waals surface area contributed by atoms with E-state index in [2.05, 4.69) is 15.9 Å². The van der Waals surface area contributed by atoms with Gasteiger partial charge < -0.3 is 10.6 Å². The molecule has 0 aliphatic carbocycles. The first-order valence-corrected chi connectivity index (χ1v) is 5.43. The lowest BCUT2D eigenvalue weighted by atomic mass is 10.1. The quantitative estimate of drug-likeness (QED) is 0.929. The maximum atomic E-state index is 12.8. The molecule has 0 saturated carbocycles. The van der Waals surface area contributed by atoms with Gasteiger partial charge in [0.15, 0.2) is 0 Å². The summed E-state index contributed by atoms with van der Waals surface area (Å²) in [5.74, 6) is 0. The first kappa shape index (κ1) is 13.3. The molecule has 16 heavy (non-hydrogen) atoms. The average Bonchev–Trinajstić information content (AvgIpc) is 2.16. The minimum atomic E-state index is -4.36. The monoisotopic (exact) mass is 296 g/mol. The number of halogens is 4. The van der Waals surface area contributed by atoms with Gasteiger partial charge in [0, 0.05) is 30.3 Å². The Morgan fingerprint density at radius 3 is 2.50 bits per heavy atom. The van der Waals surface area contributed by atoms with E-state index in [4.69, 9.17) is 5.73 Å². The summed E-state index contributed by atoms with van der Waals surface area (Å²) in [5.41, 5.74) is 4.81. The zero-order chi connectivity index (χ0) is 12.3. The highest BCUT2D eigenvalue weighted by atomic mass is 79.9. The normalized spacial score (nSPS) is 11.6.